The second kappa shape index (κ2) is 21.4. The zero-order valence-electron chi connectivity index (χ0n) is 36.3. The van der Waals surface area contributed by atoms with Gasteiger partial charge in [0, 0.05) is 11.1 Å². The summed E-state index contributed by atoms with van der Waals surface area (Å²) >= 11 is 0. The largest absolute Gasteiger partial charge is 2.00 e. The summed E-state index contributed by atoms with van der Waals surface area (Å²) in [6, 6.07) is 47.3. The van der Waals surface area contributed by atoms with Crippen molar-refractivity contribution in [3.05, 3.63) is 193 Å². The van der Waals surface area contributed by atoms with Crippen molar-refractivity contribution in [2.24, 2.45) is 0 Å². The average molecular weight is 890 g/mol. The first-order chi connectivity index (χ1) is 28.5. The Hall–Kier alpha value is -6.18. The van der Waals surface area contributed by atoms with E-state index in [2.05, 4.69) is 75.7 Å². The molecule has 0 aliphatic carbocycles. The van der Waals surface area contributed by atoms with Crippen molar-refractivity contribution < 1.29 is 45.5 Å². The van der Waals surface area contributed by atoms with E-state index in [4.69, 9.17) is 9.05 Å². The van der Waals surface area contributed by atoms with Gasteiger partial charge in [-0.1, -0.05) is 125 Å². The number of aromatic nitrogens is 4. The zero-order valence-corrected chi connectivity index (χ0v) is 38.7. The summed E-state index contributed by atoms with van der Waals surface area (Å²) in [5, 5.41) is 29.2. The number of nitrogens with zero attached hydrogens (tertiary/aromatic N) is 4. The van der Waals surface area contributed by atoms with Gasteiger partial charge in [0.2, 0.25) is 0 Å². The van der Waals surface area contributed by atoms with Gasteiger partial charge in [-0.2, -0.15) is 59.2 Å². The number of hydrogen-bond acceptors (Lipinski definition) is 8. The summed E-state index contributed by atoms with van der Waals surface area (Å²) in [7, 11) is 0. The molecule has 2 N–H and O–H groups in total. The molecule has 0 spiro atoms. The number of benzene rings is 6. The molecule has 6 aromatic carbocycles. The fourth-order valence-corrected chi connectivity index (χ4v) is 5.91. The second-order valence-corrected chi connectivity index (χ2v) is 16.3. The Morgan fingerprint density at radius 3 is 0.951 bits per heavy atom. The molecule has 2 heterocycles. The summed E-state index contributed by atoms with van der Waals surface area (Å²) in [5.74, 6) is 2.08. The van der Waals surface area contributed by atoms with Crippen LogP contribution in [0, 0.1) is 27.7 Å². The van der Waals surface area contributed by atoms with Gasteiger partial charge in [-0.25, -0.2) is 0 Å². The summed E-state index contributed by atoms with van der Waals surface area (Å²) in [5.41, 5.74) is 8.77. The summed E-state index contributed by atoms with van der Waals surface area (Å²) in [6.07, 6.45) is 0. The van der Waals surface area contributed by atoms with Gasteiger partial charge >= 0.3 is 26.2 Å². The SMILES string of the molecule is Cc1noc(-c2cc(C(C)(C)C)cc(-c3ccccc3)c2O)n1.Cc1noc(-c2cc(C(C)(C)C)cc(-c3ccccc3)c2O)n1.[CH2-]c1ccccc1.[CH2-]c1ccccc1.[Zr+2]. The van der Waals surface area contributed by atoms with Gasteiger partial charge in [-0.05, 0) is 71.2 Å². The van der Waals surface area contributed by atoms with E-state index in [1.165, 1.54) is 0 Å². The van der Waals surface area contributed by atoms with Crippen molar-refractivity contribution in [2.45, 2.75) is 66.2 Å². The first-order valence-electron chi connectivity index (χ1n) is 19.7. The van der Waals surface area contributed by atoms with Gasteiger partial charge in [-0.3, -0.25) is 0 Å². The third-order valence-corrected chi connectivity index (χ3v) is 9.32. The molecular weight excluding hydrogens is 836 g/mol. The topological polar surface area (TPSA) is 118 Å². The number of hydrogen-bond donors (Lipinski definition) is 2. The first kappa shape index (κ1) is 47.5. The van der Waals surface area contributed by atoms with Crippen LogP contribution >= 0.6 is 0 Å². The fraction of sp³-hybridized carbons (Fsp3) is 0.192. The summed E-state index contributed by atoms with van der Waals surface area (Å²) in [6.45, 7) is 23.8. The quantitative estimate of drug-likeness (QED) is 0.168. The van der Waals surface area contributed by atoms with Crippen molar-refractivity contribution in [3.8, 4) is 56.7 Å². The number of rotatable bonds is 4. The van der Waals surface area contributed by atoms with Gasteiger partial charge in [-0.15, -0.1) is 24.3 Å². The molecule has 0 saturated heterocycles. The molecule has 2 aromatic heterocycles. The van der Waals surface area contributed by atoms with Crippen LogP contribution in [-0.4, -0.2) is 30.5 Å². The van der Waals surface area contributed by atoms with Crippen molar-refractivity contribution >= 4 is 0 Å². The molecule has 9 heteroatoms. The molecule has 0 amide bonds. The molecule has 8 rings (SSSR count). The van der Waals surface area contributed by atoms with E-state index in [0.717, 1.165) is 44.5 Å². The average Bonchev–Trinajstić information content (AvgIpc) is 3.87. The van der Waals surface area contributed by atoms with Crippen molar-refractivity contribution in [1.82, 2.24) is 20.3 Å². The minimum Gasteiger partial charge on any atom is -0.506 e. The molecule has 310 valence electrons. The molecule has 8 nitrogen and oxygen atoms in total. The third-order valence-electron chi connectivity index (χ3n) is 9.32. The molecule has 61 heavy (non-hydrogen) atoms. The van der Waals surface area contributed by atoms with Gasteiger partial charge in [0.25, 0.3) is 11.8 Å². The minimum atomic E-state index is -0.0684. The normalized spacial score (nSPS) is 10.8. The molecular formula is C52H54N4O4Zr. The number of aryl methyl sites for hydroxylation is 2. The maximum atomic E-state index is 10.8. The van der Waals surface area contributed by atoms with E-state index in [1.54, 1.807) is 13.8 Å². The van der Waals surface area contributed by atoms with Crippen LogP contribution < -0.4 is 0 Å². The van der Waals surface area contributed by atoms with Gasteiger partial charge in [0.15, 0.2) is 11.6 Å². The number of phenols is 2. The van der Waals surface area contributed by atoms with Crippen LogP contribution in [0.2, 0.25) is 0 Å². The van der Waals surface area contributed by atoms with Crippen LogP contribution in [-0.2, 0) is 37.0 Å². The Labute approximate surface area is 379 Å². The van der Waals surface area contributed by atoms with Gasteiger partial charge in [0.05, 0.1) is 11.1 Å². The van der Waals surface area contributed by atoms with E-state index in [1.807, 2.05) is 146 Å². The third kappa shape index (κ3) is 13.4. The smallest absolute Gasteiger partial charge is 0.506 e. The Morgan fingerprint density at radius 2 is 0.721 bits per heavy atom. The Balaban J connectivity index is 0.000000202. The maximum Gasteiger partial charge on any atom is 2.00 e. The van der Waals surface area contributed by atoms with E-state index in [-0.39, 0.29) is 48.5 Å². The van der Waals surface area contributed by atoms with Crippen LogP contribution in [0.25, 0.3) is 45.2 Å². The van der Waals surface area contributed by atoms with Crippen LogP contribution in [0.3, 0.4) is 0 Å². The minimum absolute atomic E-state index is 0. The van der Waals surface area contributed by atoms with Crippen molar-refractivity contribution in [1.29, 1.82) is 0 Å². The maximum absolute atomic E-state index is 10.8. The molecule has 0 fully saturated rings. The standard InChI is InChI=1S/2C19H20N2O2.2C7H7.Zr/c2*1-12-20-18(23-21-12)16-11-14(19(2,3)4)10-15(17(16)22)13-8-6-5-7-9-13;2*1-7-5-3-2-4-6-7;/h2*5-11,22H,1-4H3;2*2-6H,1H2;/q;;2*-1;+2. The van der Waals surface area contributed by atoms with Crippen LogP contribution in [0.4, 0.5) is 0 Å². The Morgan fingerprint density at radius 1 is 0.443 bits per heavy atom. The predicted octanol–water partition coefficient (Wildman–Crippen LogP) is 13.2. The molecule has 0 aliphatic rings. The predicted molar refractivity (Wildman–Crippen MR) is 242 cm³/mol. The number of aromatic hydroxyl groups is 2. The van der Waals surface area contributed by atoms with Crippen LogP contribution in [0.5, 0.6) is 11.5 Å². The Bertz CT molecular complexity index is 2380. The van der Waals surface area contributed by atoms with E-state index >= 15 is 0 Å². The molecule has 0 saturated carbocycles. The first-order valence-corrected chi connectivity index (χ1v) is 19.7. The van der Waals surface area contributed by atoms with E-state index < -0.39 is 0 Å². The van der Waals surface area contributed by atoms with Crippen molar-refractivity contribution in [3.63, 3.8) is 0 Å². The van der Waals surface area contributed by atoms with E-state index in [0.29, 0.717) is 34.6 Å². The van der Waals surface area contributed by atoms with E-state index in [9.17, 15) is 10.2 Å². The van der Waals surface area contributed by atoms with Crippen LogP contribution in [0.1, 0.15) is 75.4 Å². The second-order valence-electron chi connectivity index (χ2n) is 16.3. The molecule has 0 unspecified atom stereocenters. The fourth-order valence-electron chi connectivity index (χ4n) is 5.91. The molecule has 0 atom stereocenters. The Kier molecular flexibility index (Phi) is 16.6. The molecule has 0 radical (unpaired) electrons. The summed E-state index contributed by atoms with van der Waals surface area (Å²) in [4.78, 5) is 8.52. The van der Waals surface area contributed by atoms with Crippen LogP contribution in [0.15, 0.2) is 155 Å². The van der Waals surface area contributed by atoms with Gasteiger partial charge in [0.1, 0.15) is 11.5 Å². The molecule has 0 aliphatic heterocycles. The van der Waals surface area contributed by atoms with Crippen molar-refractivity contribution in [2.75, 3.05) is 0 Å². The monoisotopic (exact) mass is 888 g/mol. The molecule has 0 bridgehead atoms. The van der Waals surface area contributed by atoms with Gasteiger partial charge < -0.3 is 19.3 Å². The molecule has 8 aromatic rings. The zero-order chi connectivity index (χ0) is 43.5. The number of phenolic OH excluding ortho intramolecular Hbond substituents is 2. The summed E-state index contributed by atoms with van der Waals surface area (Å²) < 4.78 is 10.5.